The van der Waals surface area contributed by atoms with E-state index in [0.717, 1.165) is 140 Å². The number of aromatic hydroxyl groups is 2. The van der Waals surface area contributed by atoms with Crippen molar-refractivity contribution in [2.75, 3.05) is 144 Å². The molecule has 0 aromatic heterocycles. The van der Waals surface area contributed by atoms with Gasteiger partial charge in [0.1, 0.15) is 34.5 Å². The van der Waals surface area contributed by atoms with E-state index in [9.17, 15) is 48.6 Å². The van der Waals surface area contributed by atoms with Gasteiger partial charge in [0.2, 0.25) is 23.6 Å². The topological polar surface area (TPSA) is 246 Å². The molecule has 3 unspecified atom stereocenters. The quantitative estimate of drug-likeness (QED) is 0.0599. The Balaban J connectivity index is 0.000000120. The fourth-order valence-electron chi connectivity index (χ4n) is 21.0. The van der Waals surface area contributed by atoms with Crippen LogP contribution in [0.1, 0.15) is 45.4 Å². The van der Waals surface area contributed by atoms with E-state index in [1.54, 1.807) is 70.7 Å². The largest absolute Gasteiger partial charge is 0.508 e. The number of rotatable bonds is 22. The molecule has 10 aliphatic rings. The van der Waals surface area contributed by atoms with Crippen molar-refractivity contribution in [3.05, 3.63) is 277 Å². The van der Waals surface area contributed by atoms with Gasteiger partial charge in [-0.15, -0.1) is 0 Å². The highest BCUT2D eigenvalue weighted by Crippen LogP contribution is 2.51. The lowest BCUT2D eigenvalue weighted by molar-refractivity contribution is -0.133. The average molecular weight is 1970 g/mol. The van der Waals surface area contributed by atoms with E-state index in [1.807, 2.05) is 139 Å². The molecule has 10 aliphatic heterocycles. The molecule has 24 nitrogen and oxygen atoms in total. The van der Waals surface area contributed by atoms with Crippen LogP contribution in [0, 0.1) is 23.7 Å². The molecule has 3 atom stereocenters. The third-order valence-electron chi connectivity index (χ3n) is 28.6. The highest BCUT2D eigenvalue weighted by Gasteiger charge is 2.45. The van der Waals surface area contributed by atoms with Crippen LogP contribution < -0.4 is 38.5 Å². The third-order valence-corrected chi connectivity index (χ3v) is 29.8. The number of halogens is 4. The molecule has 0 bridgehead atoms. The minimum Gasteiger partial charge on any atom is -0.508 e. The van der Waals surface area contributed by atoms with Crippen molar-refractivity contribution < 1.29 is 67.5 Å². The van der Waals surface area contributed by atoms with Crippen molar-refractivity contribution in [3.8, 4) is 79.0 Å². The molecule has 12 aromatic rings. The fraction of sp³-hybridized carbons (Fsp3) is 0.292. The van der Waals surface area contributed by atoms with Crippen LogP contribution in [0.25, 0.3) is 87.6 Å². The van der Waals surface area contributed by atoms with Crippen LogP contribution in [0.3, 0.4) is 0 Å². The van der Waals surface area contributed by atoms with Crippen LogP contribution in [0.2, 0.25) is 20.1 Å². The molecule has 2 N–H and O–H groups in total. The third kappa shape index (κ3) is 20.0. The summed E-state index contributed by atoms with van der Waals surface area (Å²) in [6.07, 6.45) is 10.4. The molecule has 141 heavy (non-hydrogen) atoms. The van der Waals surface area contributed by atoms with Crippen LogP contribution in [-0.4, -0.2) is 230 Å². The number of nitrogens with zero attached hydrogens (tertiary/aromatic N) is 10. The Hall–Kier alpha value is -13.7. The van der Waals surface area contributed by atoms with Gasteiger partial charge in [0.05, 0.1) is 42.8 Å². The molecule has 6 fully saturated rings. The number of hydrogen-bond acceptors (Lipinski definition) is 16. The molecule has 0 aliphatic carbocycles. The molecule has 0 radical (unpaired) electrons. The summed E-state index contributed by atoms with van der Waals surface area (Å²) in [6.45, 7) is 28.2. The van der Waals surface area contributed by atoms with Gasteiger partial charge in [-0.05, 0) is 241 Å². The van der Waals surface area contributed by atoms with Gasteiger partial charge < -0.3 is 73.3 Å². The van der Waals surface area contributed by atoms with Gasteiger partial charge in [-0.25, -0.2) is 0 Å². The number of hydrogen-bond donors (Lipinski definition) is 2. The lowest BCUT2D eigenvalue weighted by Gasteiger charge is -2.46. The number of fused-ring (bicyclic) bond motifs is 8. The van der Waals surface area contributed by atoms with Gasteiger partial charge in [0.25, 0.3) is 23.6 Å². The number of benzene rings is 12. The lowest BCUT2D eigenvalue weighted by Crippen LogP contribution is -2.59. The Kier molecular flexibility index (Phi) is 28.4. The predicted molar refractivity (Wildman–Crippen MR) is 556 cm³/mol. The summed E-state index contributed by atoms with van der Waals surface area (Å²) in [7, 11) is 0. The first-order valence-corrected chi connectivity index (χ1v) is 49.5. The number of likely N-dealkylation sites (tertiary alicyclic amines) is 6. The molecule has 28 heteroatoms. The SMILES string of the molecule is C=CC(=O)N1CC(C(C)N2C(=O)COc3cc(-c4cc(O)cc5ccccc45)c(Cl)cc32)C1.C=CC(=O)N1CC(CN2C(=O)C(CCCN3CCCC3)Oc3cc(-c4cc(O)cc5ccccc45)c(Cl)cc32)C1.C=CC(=O)N1CC(CN2C(=O)C(CN3CCCC3)Oc3cc(-c4cccc5ccccc45)c(Cl)cc32)C1.C=CC(=O)N1CC(CN2C(=O)COc3cc(-c4cccc5ccccc45)c(Cl)cc32)C1. The standard InChI is InChI=1S/C32H34ClN3O4.C30H30ClN3O3.C26H23ClN2O4.C25H21ClN2O3/c1-2-31(38)35-18-21(19-35)20-36-28-17-27(33)26(25-15-23(37)14-22-8-3-4-9-24(22)25)16-30(28)40-29(32(36)39)10-7-13-34-11-5-6-12-34;1-2-29(35)33-16-20(17-33)18-34-26-15-25(31)24(23-11-7-9-21-8-3-4-10-22(21)23)14-27(26)37-28(30(34)36)19-32-12-5-6-13-32;1-3-25(31)28-12-17(13-28)15(2)29-23-11-22(27)21(10-24(23)33-14-26(29)32)20-9-18(30)8-16-6-4-5-7-19(16)20;1-2-24(29)27-12-16(13-27)14-28-22-11-21(26)20(10-23(22)31-15-25(28)30)19-9-5-7-17-6-3-4-8-18(17)19/h2-4,8-9,14-17,21,29,37H,1,5-7,10-13,18-20H2;2-4,7-11,14-15,20,28H,1,5-6,12-13,16-19H2;3-11,15,17,30H,1,12-14H2,2H3;2-11,16H,1,12-15H2. The monoisotopic (exact) mass is 1970 g/mol. The number of carbonyl (C=O) groups is 8. The maximum atomic E-state index is 13.8. The van der Waals surface area contributed by atoms with E-state index < -0.39 is 12.2 Å². The number of anilines is 4. The van der Waals surface area contributed by atoms with Gasteiger partial charge in [-0.2, -0.15) is 0 Å². The van der Waals surface area contributed by atoms with Crippen LogP contribution >= 0.6 is 46.4 Å². The molecule has 10 heterocycles. The first kappa shape index (κ1) is 96.2. The van der Waals surface area contributed by atoms with E-state index in [2.05, 4.69) is 78.6 Å². The summed E-state index contributed by atoms with van der Waals surface area (Å²) in [4.78, 5) is 119. The summed E-state index contributed by atoms with van der Waals surface area (Å²) in [5.41, 5.74) is 9.51. The molecular formula is C113H108Cl4N10O14. The molecule has 22 rings (SSSR count). The zero-order valence-corrected chi connectivity index (χ0v) is 81.3. The second-order valence-electron chi connectivity index (χ2n) is 37.7. The highest BCUT2D eigenvalue weighted by atomic mass is 35.5. The van der Waals surface area contributed by atoms with Crippen molar-refractivity contribution in [2.45, 2.75) is 63.7 Å². The van der Waals surface area contributed by atoms with Gasteiger partial charge in [0.15, 0.2) is 25.4 Å². The highest BCUT2D eigenvalue weighted by molar-refractivity contribution is 6.36. The van der Waals surface area contributed by atoms with Gasteiger partial charge in [0, 0.05) is 131 Å². The van der Waals surface area contributed by atoms with Gasteiger partial charge in [-0.1, -0.05) is 206 Å². The number of ether oxygens (including phenoxy) is 4. The van der Waals surface area contributed by atoms with Crippen LogP contribution in [0.5, 0.6) is 34.5 Å². The Morgan fingerprint density at radius 1 is 0.376 bits per heavy atom. The number of amides is 8. The summed E-state index contributed by atoms with van der Waals surface area (Å²) < 4.78 is 24.4. The number of carbonyl (C=O) groups excluding carboxylic acids is 8. The molecular weight excluding hydrogens is 1860 g/mol. The summed E-state index contributed by atoms with van der Waals surface area (Å²) in [6, 6.07) is 65.9. The number of phenolic OH excluding ortho intramolecular Hbond substituents is 2. The molecule has 8 amide bonds. The maximum Gasteiger partial charge on any atom is 0.269 e. The van der Waals surface area contributed by atoms with Crippen molar-refractivity contribution >= 4 is 160 Å². The Morgan fingerprint density at radius 3 is 1.17 bits per heavy atom. The number of phenols is 2. The first-order valence-electron chi connectivity index (χ1n) is 48.0. The molecule has 12 aromatic carbocycles. The molecule has 0 spiro atoms. The second kappa shape index (κ2) is 41.6. The Labute approximate surface area is 838 Å². The Bertz CT molecular complexity index is 6990. The minimum absolute atomic E-state index is 0.00830. The zero-order valence-electron chi connectivity index (χ0n) is 78.3. The minimum atomic E-state index is -0.587. The van der Waals surface area contributed by atoms with E-state index in [1.165, 1.54) is 37.1 Å². The van der Waals surface area contributed by atoms with Crippen molar-refractivity contribution in [1.29, 1.82) is 0 Å². The second-order valence-corrected chi connectivity index (χ2v) is 39.4. The van der Waals surface area contributed by atoms with E-state index in [0.29, 0.717) is 151 Å². The maximum absolute atomic E-state index is 13.8. The van der Waals surface area contributed by atoms with Crippen LogP contribution in [0.4, 0.5) is 22.7 Å². The van der Waals surface area contributed by atoms with E-state index >= 15 is 0 Å². The molecule has 6 saturated heterocycles. The first-order chi connectivity index (χ1) is 68.3. The van der Waals surface area contributed by atoms with Gasteiger partial charge >= 0.3 is 0 Å². The summed E-state index contributed by atoms with van der Waals surface area (Å²) in [5, 5.41) is 31.0. The van der Waals surface area contributed by atoms with E-state index in [4.69, 9.17) is 65.4 Å². The fourth-order valence-corrected chi connectivity index (χ4v) is 22.0. The van der Waals surface area contributed by atoms with Crippen molar-refractivity contribution in [1.82, 2.24) is 29.4 Å². The van der Waals surface area contributed by atoms with Crippen molar-refractivity contribution in [2.24, 2.45) is 23.7 Å². The van der Waals surface area contributed by atoms with Crippen LogP contribution in [-0.2, 0) is 38.4 Å². The molecule has 722 valence electrons. The van der Waals surface area contributed by atoms with Gasteiger partial charge in [-0.3, -0.25) is 43.3 Å². The smallest absolute Gasteiger partial charge is 0.269 e. The van der Waals surface area contributed by atoms with E-state index in [-0.39, 0.29) is 102 Å². The zero-order chi connectivity index (χ0) is 98.1. The molecule has 0 saturated carbocycles. The predicted octanol–water partition coefficient (Wildman–Crippen LogP) is 19.6. The summed E-state index contributed by atoms with van der Waals surface area (Å²) in [5.74, 6) is 2.84. The Morgan fingerprint density at radius 2 is 0.723 bits per heavy atom. The van der Waals surface area contributed by atoms with Crippen LogP contribution in [0.15, 0.2) is 257 Å². The summed E-state index contributed by atoms with van der Waals surface area (Å²) >= 11 is 27.2. The van der Waals surface area contributed by atoms with Crippen molar-refractivity contribution in [3.63, 3.8) is 0 Å². The normalized spacial score (nSPS) is 18.2. The average Bonchev–Trinajstić information content (AvgIpc) is 1.07. The lowest BCUT2D eigenvalue weighted by atomic mass is 9.90.